The Morgan fingerprint density at radius 3 is 2.38 bits per heavy atom. The van der Waals surface area contributed by atoms with Gasteiger partial charge in [0.1, 0.15) is 0 Å². The predicted molar refractivity (Wildman–Crippen MR) is 138 cm³/mol. The molecule has 0 N–H and O–H groups in total. The number of nitrogens with zero attached hydrogens (tertiary/aromatic N) is 5. The Labute approximate surface area is 221 Å². The monoisotopic (exact) mass is 557 g/mol. The Bertz CT molecular complexity index is 1650. The van der Waals surface area contributed by atoms with Crippen LogP contribution in [0.5, 0.6) is 11.5 Å². The van der Waals surface area contributed by atoms with Gasteiger partial charge in [-0.15, -0.1) is 11.3 Å². The van der Waals surface area contributed by atoms with Crippen molar-refractivity contribution in [2.45, 2.75) is 0 Å². The van der Waals surface area contributed by atoms with E-state index >= 15 is 0 Å². The van der Waals surface area contributed by atoms with Crippen molar-refractivity contribution in [3.05, 3.63) is 101 Å². The first-order valence-corrected chi connectivity index (χ1v) is 12.0. The van der Waals surface area contributed by atoms with E-state index in [-0.39, 0.29) is 29.5 Å². The molecule has 186 valence electrons. The first-order chi connectivity index (χ1) is 17.8. The molecule has 1 aliphatic heterocycles. The molecular formula is C23H13Cl2N5O6S. The predicted octanol–water partition coefficient (Wildman–Crippen LogP) is 6.18. The van der Waals surface area contributed by atoms with Crippen molar-refractivity contribution in [2.24, 2.45) is 10.1 Å². The van der Waals surface area contributed by atoms with Crippen LogP contribution in [0.3, 0.4) is 0 Å². The number of rotatable bonds is 6. The Kier molecular flexibility index (Phi) is 6.61. The van der Waals surface area contributed by atoms with Gasteiger partial charge in [-0.2, -0.15) is 5.10 Å². The van der Waals surface area contributed by atoms with Crippen molar-refractivity contribution in [3.63, 3.8) is 0 Å². The molecule has 5 rings (SSSR count). The molecule has 0 spiro atoms. The summed E-state index contributed by atoms with van der Waals surface area (Å²) in [4.78, 5) is 26.7. The standard InChI is InChI=1S/C23H13Cl2N5O6S/c24-15-3-6-18(17(25)8-15)27-23-28(20(11-37-23)13-1-4-16(5-2-13)29(31)32)26-10-14-7-21-22(36-12-35-21)9-19(14)30(33)34/h1-11H,12H2. The van der Waals surface area contributed by atoms with Gasteiger partial charge in [0.25, 0.3) is 11.4 Å². The van der Waals surface area contributed by atoms with E-state index in [4.69, 9.17) is 32.7 Å². The van der Waals surface area contributed by atoms with Crippen molar-refractivity contribution in [2.75, 3.05) is 6.79 Å². The quantitative estimate of drug-likeness (QED) is 0.158. The zero-order valence-electron chi connectivity index (χ0n) is 18.4. The molecule has 0 saturated carbocycles. The van der Waals surface area contributed by atoms with Gasteiger partial charge in [-0.1, -0.05) is 23.2 Å². The SMILES string of the molecule is O=[N+]([O-])c1ccc(-c2csc(=Nc3ccc(Cl)cc3Cl)n2N=Cc2cc3c(cc2[N+](=O)[O-])OCO3)cc1. The molecule has 0 amide bonds. The van der Waals surface area contributed by atoms with Gasteiger partial charge in [0, 0.05) is 28.1 Å². The first-order valence-electron chi connectivity index (χ1n) is 10.4. The second-order valence-electron chi connectivity index (χ2n) is 7.49. The van der Waals surface area contributed by atoms with Crippen LogP contribution >= 0.6 is 34.5 Å². The number of fused-ring (bicyclic) bond motifs is 1. The summed E-state index contributed by atoms with van der Waals surface area (Å²) in [6, 6.07) is 13.5. The first kappa shape index (κ1) is 24.4. The van der Waals surface area contributed by atoms with Gasteiger partial charge in [-0.05, 0) is 36.4 Å². The van der Waals surface area contributed by atoms with Gasteiger partial charge in [-0.3, -0.25) is 20.2 Å². The van der Waals surface area contributed by atoms with Crippen molar-refractivity contribution < 1.29 is 19.3 Å². The van der Waals surface area contributed by atoms with E-state index in [9.17, 15) is 20.2 Å². The Morgan fingerprint density at radius 2 is 1.70 bits per heavy atom. The summed E-state index contributed by atoms with van der Waals surface area (Å²) in [5.74, 6) is 0.627. The van der Waals surface area contributed by atoms with Crippen LogP contribution in [0.1, 0.15) is 5.56 Å². The minimum absolute atomic E-state index is 0.0401. The molecule has 0 unspecified atom stereocenters. The largest absolute Gasteiger partial charge is 0.454 e. The lowest BCUT2D eigenvalue weighted by Gasteiger charge is -2.05. The van der Waals surface area contributed by atoms with Crippen LogP contribution in [0.4, 0.5) is 17.1 Å². The van der Waals surface area contributed by atoms with E-state index < -0.39 is 9.85 Å². The number of nitro groups is 2. The molecule has 0 fully saturated rings. The second-order valence-corrected chi connectivity index (χ2v) is 9.17. The topological polar surface area (TPSA) is 134 Å². The summed E-state index contributed by atoms with van der Waals surface area (Å²) in [7, 11) is 0. The summed E-state index contributed by atoms with van der Waals surface area (Å²) in [5, 5.41) is 29.8. The molecule has 11 nitrogen and oxygen atoms in total. The maximum absolute atomic E-state index is 11.7. The van der Waals surface area contributed by atoms with Crippen molar-refractivity contribution in [1.82, 2.24) is 4.68 Å². The molecule has 0 atom stereocenters. The third-order valence-corrected chi connectivity index (χ3v) is 6.57. The smallest absolute Gasteiger partial charge is 0.282 e. The van der Waals surface area contributed by atoms with Crippen molar-refractivity contribution >= 4 is 57.8 Å². The number of hydrogen-bond donors (Lipinski definition) is 0. The van der Waals surface area contributed by atoms with Crippen LogP contribution in [0, 0.1) is 20.2 Å². The minimum atomic E-state index is -0.544. The number of ether oxygens (including phenoxy) is 2. The van der Waals surface area contributed by atoms with E-state index in [1.807, 2.05) is 0 Å². The highest BCUT2D eigenvalue weighted by atomic mass is 35.5. The Hall–Kier alpha value is -4.26. The van der Waals surface area contributed by atoms with Crippen LogP contribution in [0.15, 0.2) is 70.1 Å². The van der Waals surface area contributed by atoms with Crippen LogP contribution in [0.25, 0.3) is 11.3 Å². The molecule has 0 saturated heterocycles. The number of hydrogen-bond acceptors (Lipinski definition) is 9. The molecule has 1 aromatic heterocycles. The fraction of sp³-hybridized carbons (Fsp3) is 0.0435. The number of benzene rings is 3. The summed E-state index contributed by atoms with van der Waals surface area (Å²) in [6.45, 7) is -0.0401. The van der Waals surface area contributed by atoms with E-state index in [1.165, 1.54) is 46.5 Å². The molecule has 37 heavy (non-hydrogen) atoms. The molecule has 0 radical (unpaired) electrons. The lowest BCUT2D eigenvalue weighted by Crippen LogP contribution is -2.12. The van der Waals surface area contributed by atoms with Crippen LogP contribution < -0.4 is 14.3 Å². The zero-order chi connectivity index (χ0) is 26.1. The van der Waals surface area contributed by atoms with Crippen LogP contribution in [0.2, 0.25) is 10.0 Å². The third kappa shape index (κ3) is 5.03. The number of nitro benzene ring substituents is 2. The number of thiazole rings is 1. The fourth-order valence-electron chi connectivity index (χ4n) is 3.44. The fourth-order valence-corrected chi connectivity index (χ4v) is 4.74. The highest BCUT2D eigenvalue weighted by molar-refractivity contribution is 7.07. The van der Waals surface area contributed by atoms with E-state index in [1.54, 1.807) is 35.7 Å². The number of halogens is 2. The molecule has 1 aliphatic rings. The van der Waals surface area contributed by atoms with Gasteiger partial charge in [-0.25, -0.2) is 9.67 Å². The minimum Gasteiger partial charge on any atom is -0.454 e. The molecule has 3 aromatic carbocycles. The highest BCUT2D eigenvalue weighted by Crippen LogP contribution is 2.37. The third-order valence-electron chi connectivity index (χ3n) is 5.22. The molecular weight excluding hydrogens is 545 g/mol. The van der Waals surface area contributed by atoms with Gasteiger partial charge in [0.05, 0.1) is 44.1 Å². The zero-order valence-corrected chi connectivity index (χ0v) is 20.7. The normalized spacial score (nSPS) is 12.9. The maximum atomic E-state index is 11.7. The van der Waals surface area contributed by atoms with Crippen molar-refractivity contribution in [1.29, 1.82) is 0 Å². The van der Waals surface area contributed by atoms with Crippen LogP contribution in [-0.2, 0) is 0 Å². The molecule has 4 aromatic rings. The van der Waals surface area contributed by atoms with E-state index in [0.717, 1.165) is 0 Å². The van der Waals surface area contributed by atoms with Crippen molar-refractivity contribution in [3.8, 4) is 22.8 Å². The lowest BCUT2D eigenvalue weighted by molar-refractivity contribution is -0.385. The van der Waals surface area contributed by atoms with Gasteiger partial charge in [0.15, 0.2) is 11.5 Å². The number of non-ortho nitro benzene ring substituents is 1. The maximum Gasteiger partial charge on any atom is 0.282 e. The van der Waals surface area contributed by atoms with E-state index in [0.29, 0.717) is 37.5 Å². The Morgan fingerprint density at radius 1 is 0.973 bits per heavy atom. The Balaban J connectivity index is 1.66. The van der Waals surface area contributed by atoms with E-state index in [2.05, 4.69) is 10.1 Å². The molecule has 2 heterocycles. The van der Waals surface area contributed by atoms with Gasteiger partial charge in [0.2, 0.25) is 11.6 Å². The average molecular weight is 558 g/mol. The summed E-state index contributed by atoms with van der Waals surface area (Å²) in [6.07, 6.45) is 1.31. The molecule has 14 heteroatoms. The average Bonchev–Trinajstić information content (AvgIpc) is 3.50. The van der Waals surface area contributed by atoms with Gasteiger partial charge >= 0.3 is 0 Å². The number of aromatic nitrogens is 1. The summed E-state index contributed by atoms with van der Waals surface area (Å²) < 4.78 is 12.1. The summed E-state index contributed by atoms with van der Waals surface area (Å²) in [5.41, 5.74) is 1.48. The highest BCUT2D eigenvalue weighted by Gasteiger charge is 2.23. The van der Waals surface area contributed by atoms with Crippen LogP contribution in [-0.4, -0.2) is 27.5 Å². The second kappa shape index (κ2) is 10.0. The van der Waals surface area contributed by atoms with Gasteiger partial charge < -0.3 is 9.47 Å². The molecule has 0 bridgehead atoms. The lowest BCUT2D eigenvalue weighted by atomic mass is 10.1. The summed E-state index contributed by atoms with van der Waals surface area (Å²) >= 11 is 13.5. The molecule has 0 aliphatic carbocycles.